The van der Waals surface area contributed by atoms with Crippen molar-refractivity contribution in [1.82, 2.24) is 15.2 Å². The van der Waals surface area contributed by atoms with E-state index in [1.807, 2.05) is 0 Å². The molecule has 1 unspecified atom stereocenters. The Hall–Kier alpha value is -2.07. The zero-order chi connectivity index (χ0) is 18.6. The van der Waals surface area contributed by atoms with Gasteiger partial charge in [-0.05, 0) is 12.8 Å². The van der Waals surface area contributed by atoms with Gasteiger partial charge in [0.1, 0.15) is 5.15 Å². The Bertz CT molecular complexity index is 738. The van der Waals surface area contributed by atoms with E-state index < -0.39 is 12.1 Å². The second kappa shape index (κ2) is 7.87. The zero-order valence-corrected chi connectivity index (χ0v) is 13.9. The summed E-state index contributed by atoms with van der Waals surface area (Å²) in [7, 11) is 1.76. The van der Waals surface area contributed by atoms with Gasteiger partial charge in [-0.2, -0.15) is 18.3 Å². The number of carboxylic acid groups (broad SMARTS) is 1. The second-order valence-corrected chi connectivity index (χ2v) is 5.74. The number of aromatic nitrogens is 3. The number of nitrogens with zero attached hydrogens (tertiary/aromatic N) is 3. The molecule has 138 valence electrons. The Morgan fingerprint density at radius 1 is 1.52 bits per heavy atom. The fourth-order valence-corrected chi connectivity index (χ4v) is 2.60. The van der Waals surface area contributed by atoms with Crippen LogP contribution < -0.4 is 4.90 Å². The number of rotatable bonds is 2. The standard InChI is InChI=1S/C12H15ClN4O.C2HF3O2/c1-18-8-3-2-4-17(7-8)12-9-6-14-11(13)5-10(9)15-16-12;3-2(4,5)1(6)7/h5-6,8H,2-4,7H2,1H3,(H,15,16);(H,6,7). The molecule has 2 N–H and O–H groups in total. The molecule has 0 saturated carbocycles. The number of halogens is 4. The van der Waals surface area contributed by atoms with Crippen molar-refractivity contribution in [2.24, 2.45) is 0 Å². The van der Waals surface area contributed by atoms with Crippen LogP contribution in [-0.4, -0.2) is 58.7 Å². The quantitative estimate of drug-likeness (QED) is 0.778. The number of hydrogen-bond acceptors (Lipinski definition) is 5. The maximum atomic E-state index is 10.6. The van der Waals surface area contributed by atoms with Crippen LogP contribution in [0.1, 0.15) is 12.8 Å². The molecule has 0 amide bonds. The van der Waals surface area contributed by atoms with Crippen LogP contribution in [0.15, 0.2) is 12.3 Å². The van der Waals surface area contributed by atoms with Gasteiger partial charge in [0.05, 0.1) is 17.0 Å². The van der Waals surface area contributed by atoms with E-state index in [0.717, 1.165) is 42.7 Å². The predicted octanol–water partition coefficient (Wildman–Crippen LogP) is 2.86. The fraction of sp³-hybridized carbons (Fsp3) is 0.500. The first-order valence-corrected chi connectivity index (χ1v) is 7.67. The normalized spacial score (nSPS) is 18.0. The number of H-pyrrole nitrogens is 1. The molecule has 1 fully saturated rings. The van der Waals surface area contributed by atoms with E-state index in [-0.39, 0.29) is 6.10 Å². The lowest BCUT2D eigenvalue weighted by molar-refractivity contribution is -0.192. The summed E-state index contributed by atoms with van der Waals surface area (Å²) in [5, 5.41) is 16.0. The summed E-state index contributed by atoms with van der Waals surface area (Å²) < 4.78 is 37.2. The lowest BCUT2D eigenvalue weighted by Crippen LogP contribution is -2.39. The van der Waals surface area contributed by atoms with Crippen LogP contribution >= 0.6 is 11.6 Å². The highest BCUT2D eigenvalue weighted by atomic mass is 35.5. The number of methoxy groups -OCH3 is 1. The van der Waals surface area contributed by atoms with Crippen LogP contribution in [0.2, 0.25) is 5.15 Å². The summed E-state index contributed by atoms with van der Waals surface area (Å²) in [6.07, 6.45) is -0.800. The van der Waals surface area contributed by atoms with Gasteiger partial charge in [-0.25, -0.2) is 9.78 Å². The third kappa shape index (κ3) is 4.95. The van der Waals surface area contributed by atoms with Crippen LogP contribution in [0, 0.1) is 0 Å². The Morgan fingerprint density at radius 2 is 2.20 bits per heavy atom. The van der Waals surface area contributed by atoms with E-state index in [4.69, 9.17) is 26.2 Å². The lowest BCUT2D eigenvalue weighted by Gasteiger charge is -2.32. The minimum absolute atomic E-state index is 0.283. The summed E-state index contributed by atoms with van der Waals surface area (Å²) in [6, 6.07) is 1.80. The number of fused-ring (bicyclic) bond motifs is 1. The molecule has 3 rings (SSSR count). The molecule has 1 saturated heterocycles. The van der Waals surface area contributed by atoms with Crippen molar-refractivity contribution in [3.8, 4) is 0 Å². The van der Waals surface area contributed by atoms with Gasteiger partial charge < -0.3 is 14.7 Å². The highest BCUT2D eigenvalue weighted by Gasteiger charge is 2.38. The zero-order valence-electron chi connectivity index (χ0n) is 13.2. The summed E-state index contributed by atoms with van der Waals surface area (Å²) in [4.78, 5) is 15.3. The Kier molecular flexibility index (Phi) is 6.07. The smallest absolute Gasteiger partial charge is 0.475 e. The Balaban J connectivity index is 0.000000277. The monoisotopic (exact) mass is 380 g/mol. The van der Waals surface area contributed by atoms with E-state index in [0.29, 0.717) is 5.15 Å². The first-order valence-electron chi connectivity index (χ1n) is 7.30. The average molecular weight is 381 g/mol. The van der Waals surface area contributed by atoms with E-state index in [9.17, 15) is 13.2 Å². The second-order valence-electron chi connectivity index (χ2n) is 5.35. The molecule has 0 aliphatic carbocycles. The van der Waals surface area contributed by atoms with Crippen molar-refractivity contribution < 1.29 is 27.8 Å². The first-order chi connectivity index (χ1) is 11.7. The van der Waals surface area contributed by atoms with Gasteiger partial charge in [0.15, 0.2) is 5.82 Å². The van der Waals surface area contributed by atoms with Gasteiger partial charge in [0.25, 0.3) is 0 Å². The number of aromatic amines is 1. The maximum absolute atomic E-state index is 10.6. The summed E-state index contributed by atoms with van der Waals surface area (Å²) in [5.74, 6) is -1.82. The molecule has 11 heteroatoms. The predicted molar refractivity (Wildman–Crippen MR) is 84.8 cm³/mol. The van der Waals surface area contributed by atoms with E-state index >= 15 is 0 Å². The number of pyridine rings is 1. The molecule has 1 aliphatic heterocycles. The molecule has 25 heavy (non-hydrogen) atoms. The number of hydrogen-bond donors (Lipinski definition) is 2. The maximum Gasteiger partial charge on any atom is 0.490 e. The third-order valence-corrected chi connectivity index (χ3v) is 3.85. The minimum Gasteiger partial charge on any atom is -0.475 e. The highest BCUT2D eigenvalue weighted by Crippen LogP contribution is 2.27. The molecule has 1 atom stereocenters. The van der Waals surface area contributed by atoms with Gasteiger partial charge in [-0.1, -0.05) is 11.6 Å². The number of carboxylic acids is 1. The number of carbonyl (C=O) groups is 1. The molecule has 2 aromatic rings. The topological polar surface area (TPSA) is 91.3 Å². The third-order valence-electron chi connectivity index (χ3n) is 3.65. The van der Waals surface area contributed by atoms with Crippen molar-refractivity contribution in [3.05, 3.63) is 17.4 Å². The summed E-state index contributed by atoms with van der Waals surface area (Å²) >= 11 is 5.87. The number of ether oxygens (including phenoxy) is 1. The number of alkyl halides is 3. The van der Waals surface area contributed by atoms with Crippen LogP contribution in [0.5, 0.6) is 0 Å². The van der Waals surface area contributed by atoms with Gasteiger partial charge in [0.2, 0.25) is 0 Å². The molecule has 3 heterocycles. The first kappa shape index (κ1) is 19.3. The minimum atomic E-state index is -5.08. The van der Waals surface area contributed by atoms with Crippen molar-refractivity contribution in [3.63, 3.8) is 0 Å². The van der Waals surface area contributed by atoms with Gasteiger partial charge in [-0.3, -0.25) is 5.10 Å². The molecular formula is C14H16ClF3N4O3. The van der Waals surface area contributed by atoms with Crippen LogP contribution in [0.4, 0.5) is 19.0 Å². The van der Waals surface area contributed by atoms with E-state index in [1.54, 1.807) is 19.4 Å². The molecule has 0 aromatic carbocycles. The van der Waals surface area contributed by atoms with E-state index in [2.05, 4.69) is 20.1 Å². The van der Waals surface area contributed by atoms with Crippen LogP contribution in [0.3, 0.4) is 0 Å². The largest absolute Gasteiger partial charge is 0.490 e. The molecule has 0 spiro atoms. The molecule has 1 aliphatic rings. The fourth-order valence-electron chi connectivity index (χ4n) is 2.44. The Morgan fingerprint density at radius 3 is 2.80 bits per heavy atom. The van der Waals surface area contributed by atoms with Gasteiger partial charge in [0, 0.05) is 32.5 Å². The number of nitrogens with one attached hydrogen (secondary N) is 1. The molecule has 2 aromatic heterocycles. The van der Waals surface area contributed by atoms with Crippen molar-refractivity contribution in [2.45, 2.75) is 25.1 Å². The van der Waals surface area contributed by atoms with Gasteiger partial charge in [-0.15, -0.1) is 0 Å². The SMILES string of the molecule is COC1CCCN(c2n[nH]c3cc(Cl)ncc23)C1.O=C(O)C(F)(F)F. The average Bonchev–Trinajstić information content (AvgIpc) is 2.97. The Labute approximate surface area is 145 Å². The molecule has 0 bridgehead atoms. The van der Waals surface area contributed by atoms with E-state index in [1.165, 1.54) is 0 Å². The number of anilines is 1. The van der Waals surface area contributed by atoms with Crippen molar-refractivity contribution >= 4 is 34.3 Å². The highest BCUT2D eigenvalue weighted by molar-refractivity contribution is 6.30. The lowest BCUT2D eigenvalue weighted by atomic mass is 10.1. The van der Waals surface area contributed by atoms with Crippen LogP contribution in [0.25, 0.3) is 10.9 Å². The van der Waals surface area contributed by atoms with Crippen LogP contribution in [-0.2, 0) is 9.53 Å². The van der Waals surface area contributed by atoms with Gasteiger partial charge >= 0.3 is 12.1 Å². The number of aliphatic carboxylic acids is 1. The van der Waals surface area contributed by atoms with Crippen molar-refractivity contribution in [1.29, 1.82) is 0 Å². The molecule has 7 nitrogen and oxygen atoms in total. The molecular weight excluding hydrogens is 365 g/mol. The summed E-state index contributed by atoms with van der Waals surface area (Å²) in [6.45, 7) is 1.88. The summed E-state index contributed by atoms with van der Waals surface area (Å²) in [5.41, 5.74) is 0.921. The number of piperidine rings is 1. The molecule has 0 radical (unpaired) electrons. The van der Waals surface area contributed by atoms with Crippen molar-refractivity contribution in [2.75, 3.05) is 25.1 Å².